The lowest BCUT2D eigenvalue weighted by Crippen LogP contribution is -1.74. The summed E-state index contributed by atoms with van der Waals surface area (Å²) >= 11 is 1.54. The third-order valence-electron chi connectivity index (χ3n) is 2.76. The maximum absolute atomic E-state index is 8.98. The monoisotopic (exact) mass is 276 g/mol. The Kier molecular flexibility index (Phi) is 3.25. The first-order chi connectivity index (χ1) is 9.30. The molecule has 3 aromatic rings. The Morgan fingerprint density at radius 2 is 1.53 bits per heavy atom. The van der Waals surface area contributed by atoms with Gasteiger partial charge in [-0.15, -0.1) is 11.3 Å². The Morgan fingerprint density at radius 1 is 0.895 bits per heavy atom. The van der Waals surface area contributed by atoms with Gasteiger partial charge in [0.25, 0.3) is 0 Å². The Labute approximate surface area is 113 Å². The van der Waals surface area contributed by atoms with E-state index in [1.165, 1.54) is 0 Å². The van der Waals surface area contributed by atoms with Crippen molar-refractivity contribution in [3.63, 3.8) is 0 Å². The van der Waals surface area contributed by atoms with Crippen molar-refractivity contribution in [1.29, 1.82) is 0 Å². The summed E-state index contributed by atoms with van der Waals surface area (Å²) in [6, 6.07) is 9.14. The van der Waals surface area contributed by atoms with E-state index in [-0.39, 0.29) is 13.2 Å². The van der Waals surface area contributed by atoms with Crippen LogP contribution in [0.25, 0.3) is 22.0 Å². The highest BCUT2D eigenvalue weighted by Gasteiger charge is 2.11. The van der Waals surface area contributed by atoms with Crippen LogP contribution in [-0.4, -0.2) is 10.2 Å². The minimum atomic E-state index is -0.102. The molecule has 0 bridgehead atoms. The predicted molar refractivity (Wildman–Crippen MR) is 71.6 cm³/mol. The Morgan fingerprint density at radius 3 is 2.16 bits per heavy atom. The molecule has 0 radical (unpaired) electrons. The number of furan rings is 2. The second kappa shape index (κ2) is 5.05. The lowest BCUT2D eigenvalue weighted by molar-refractivity contribution is 0.248. The van der Waals surface area contributed by atoms with Crippen LogP contribution in [-0.2, 0) is 13.2 Å². The molecule has 19 heavy (non-hydrogen) atoms. The maximum atomic E-state index is 8.98. The normalized spacial score (nSPS) is 11.1. The molecule has 4 nitrogen and oxygen atoms in total. The zero-order chi connectivity index (χ0) is 13.2. The van der Waals surface area contributed by atoms with Gasteiger partial charge in [-0.1, -0.05) is 0 Å². The maximum Gasteiger partial charge on any atom is 0.144 e. The molecule has 0 amide bonds. The Bertz CT molecular complexity index is 620. The first-order valence-electron chi connectivity index (χ1n) is 5.78. The summed E-state index contributed by atoms with van der Waals surface area (Å²) in [6.45, 7) is -0.203. The van der Waals surface area contributed by atoms with Gasteiger partial charge in [-0.05, 0) is 30.3 Å². The number of hydrogen-bond donors (Lipinski definition) is 2. The molecule has 0 fully saturated rings. The van der Waals surface area contributed by atoms with Crippen LogP contribution in [0, 0.1) is 0 Å². The number of aliphatic hydroxyl groups excluding tert-OH is 2. The van der Waals surface area contributed by atoms with Gasteiger partial charge in [-0.2, -0.15) is 0 Å². The van der Waals surface area contributed by atoms with Crippen molar-refractivity contribution < 1.29 is 19.0 Å². The fourth-order valence-electron chi connectivity index (χ4n) is 1.81. The molecule has 3 aromatic heterocycles. The van der Waals surface area contributed by atoms with E-state index >= 15 is 0 Å². The van der Waals surface area contributed by atoms with Gasteiger partial charge in [-0.3, -0.25) is 0 Å². The predicted octanol–water partition coefficient (Wildman–Crippen LogP) is 3.25. The molecule has 5 heteroatoms. The van der Waals surface area contributed by atoms with Crippen LogP contribution in [0.2, 0.25) is 0 Å². The molecule has 98 valence electrons. The quantitative estimate of drug-likeness (QED) is 0.767. The highest BCUT2D eigenvalue weighted by molar-refractivity contribution is 7.13. The van der Waals surface area contributed by atoms with E-state index in [9.17, 15) is 0 Å². The molecule has 0 saturated carbocycles. The summed E-state index contributed by atoms with van der Waals surface area (Å²) in [5.41, 5.74) is 0.946. The van der Waals surface area contributed by atoms with E-state index in [2.05, 4.69) is 0 Å². The molecule has 0 aliphatic heterocycles. The van der Waals surface area contributed by atoms with Crippen molar-refractivity contribution in [1.82, 2.24) is 0 Å². The third kappa shape index (κ3) is 2.35. The Balaban J connectivity index is 1.90. The van der Waals surface area contributed by atoms with Crippen molar-refractivity contribution in [3.05, 3.63) is 47.2 Å². The van der Waals surface area contributed by atoms with Gasteiger partial charge in [0.2, 0.25) is 0 Å². The van der Waals surface area contributed by atoms with Crippen LogP contribution in [0.3, 0.4) is 0 Å². The lowest BCUT2D eigenvalue weighted by Gasteiger charge is -1.91. The summed E-state index contributed by atoms with van der Waals surface area (Å²) in [4.78, 5) is 0.969. The third-order valence-corrected chi connectivity index (χ3v) is 3.71. The van der Waals surface area contributed by atoms with E-state index in [1.807, 2.05) is 23.6 Å². The fraction of sp³-hybridized carbons (Fsp3) is 0.143. The van der Waals surface area contributed by atoms with Crippen LogP contribution in [0.15, 0.2) is 44.5 Å². The molecule has 0 aromatic carbocycles. The molecule has 0 unspecified atom stereocenters. The van der Waals surface area contributed by atoms with E-state index in [0.29, 0.717) is 11.5 Å². The van der Waals surface area contributed by atoms with Gasteiger partial charge < -0.3 is 19.0 Å². The summed E-state index contributed by atoms with van der Waals surface area (Å²) in [7, 11) is 0. The standard InChI is InChI=1S/C14H12O4S/c15-6-10-1-3-12(17-10)9-5-14(19-8-9)13-4-2-11(7-16)18-13/h1-5,8,15-16H,6-7H2. The van der Waals surface area contributed by atoms with Crippen molar-refractivity contribution in [2.24, 2.45) is 0 Å². The number of rotatable bonds is 4. The van der Waals surface area contributed by atoms with Crippen LogP contribution in [0.5, 0.6) is 0 Å². The molecule has 3 rings (SSSR count). The summed E-state index contributed by atoms with van der Waals surface area (Å²) in [5.74, 6) is 2.54. The Hall–Kier alpha value is -1.82. The van der Waals surface area contributed by atoms with Crippen LogP contribution < -0.4 is 0 Å². The minimum Gasteiger partial charge on any atom is -0.459 e. The first kappa shape index (κ1) is 12.2. The van der Waals surface area contributed by atoms with Gasteiger partial charge >= 0.3 is 0 Å². The summed E-state index contributed by atoms with van der Waals surface area (Å²) < 4.78 is 11.0. The largest absolute Gasteiger partial charge is 0.459 e. The highest BCUT2D eigenvalue weighted by atomic mass is 32.1. The lowest BCUT2D eigenvalue weighted by atomic mass is 10.2. The van der Waals surface area contributed by atoms with Crippen LogP contribution >= 0.6 is 11.3 Å². The van der Waals surface area contributed by atoms with Gasteiger partial charge in [0.1, 0.15) is 36.3 Å². The second-order valence-corrected chi connectivity index (χ2v) is 4.96. The molecular weight excluding hydrogens is 264 g/mol. The van der Waals surface area contributed by atoms with Gasteiger partial charge in [0, 0.05) is 10.9 Å². The summed E-state index contributed by atoms with van der Waals surface area (Å²) in [6.07, 6.45) is 0. The average molecular weight is 276 g/mol. The number of hydrogen-bond acceptors (Lipinski definition) is 5. The van der Waals surface area contributed by atoms with Gasteiger partial charge in [-0.25, -0.2) is 0 Å². The van der Waals surface area contributed by atoms with Gasteiger partial charge in [0.05, 0.1) is 4.88 Å². The van der Waals surface area contributed by atoms with E-state index in [0.717, 1.165) is 22.0 Å². The second-order valence-electron chi connectivity index (χ2n) is 4.05. The number of aliphatic hydroxyl groups is 2. The van der Waals surface area contributed by atoms with E-state index in [1.54, 1.807) is 23.5 Å². The van der Waals surface area contributed by atoms with Crippen molar-refractivity contribution in [2.75, 3.05) is 0 Å². The van der Waals surface area contributed by atoms with Crippen molar-refractivity contribution in [2.45, 2.75) is 13.2 Å². The van der Waals surface area contributed by atoms with Crippen molar-refractivity contribution in [3.8, 4) is 22.0 Å². The average Bonchev–Trinajstić information content (AvgIpc) is 3.16. The molecule has 0 atom stereocenters. The van der Waals surface area contributed by atoms with Crippen LogP contribution in [0.4, 0.5) is 0 Å². The highest BCUT2D eigenvalue weighted by Crippen LogP contribution is 2.34. The molecular formula is C14H12O4S. The zero-order valence-electron chi connectivity index (χ0n) is 10.00. The molecule has 0 saturated heterocycles. The SMILES string of the molecule is OCc1ccc(-c2csc(-c3ccc(CO)o3)c2)o1. The van der Waals surface area contributed by atoms with E-state index < -0.39 is 0 Å². The zero-order valence-corrected chi connectivity index (χ0v) is 10.8. The van der Waals surface area contributed by atoms with Crippen molar-refractivity contribution >= 4 is 11.3 Å². The smallest absolute Gasteiger partial charge is 0.144 e. The summed E-state index contributed by atoms with van der Waals surface area (Å²) in [5, 5.41) is 19.9. The first-order valence-corrected chi connectivity index (χ1v) is 6.66. The number of thiophene rings is 1. The molecule has 2 N–H and O–H groups in total. The molecule has 0 spiro atoms. The van der Waals surface area contributed by atoms with Crippen LogP contribution in [0.1, 0.15) is 11.5 Å². The molecule has 0 aliphatic rings. The van der Waals surface area contributed by atoms with E-state index in [4.69, 9.17) is 19.0 Å². The molecule has 3 heterocycles. The fourth-order valence-corrected chi connectivity index (χ4v) is 2.67. The van der Waals surface area contributed by atoms with Gasteiger partial charge in [0.15, 0.2) is 0 Å². The minimum absolute atomic E-state index is 0.101. The topological polar surface area (TPSA) is 66.7 Å². The molecule has 0 aliphatic carbocycles.